The van der Waals surface area contributed by atoms with Crippen molar-refractivity contribution in [2.75, 3.05) is 13.1 Å². The Kier molecular flexibility index (Phi) is 5.75. The molecule has 3 N–H and O–H groups in total. The van der Waals surface area contributed by atoms with Crippen LogP contribution in [0.25, 0.3) is 0 Å². The third-order valence-corrected chi connectivity index (χ3v) is 3.62. The molecule has 1 unspecified atom stereocenters. The maximum absolute atomic E-state index is 12.1. The highest BCUT2D eigenvalue weighted by Gasteiger charge is 2.23. The van der Waals surface area contributed by atoms with Gasteiger partial charge in [-0.1, -0.05) is 31.2 Å². The average Bonchev–Trinajstić information content (AvgIpc) is 2.52. The van der Waals surface area contributed by atoms with Crippen molar-refractivity contribution in [2.45, 2.75) is 38.8 Å². The largest absolute Gasteiger partial charge is 0.356 e. The summed E-state index contributed by atoms with van der Waals surface area (Å²) in [4.78, 5) is 23.5. The molecule has 2 amide bonds. The first-order valence-electron chi connectivity index (χ1n) is 7.55. The van der Waals surface area contributed by atoms with E-state index >= 15 is 0 Å². The fourth-order valence-electron chi connectivity index (χ4n) is 2.41. The van der Waals surface area contributed by atoms with Crippen LogP contribution in [0.5, 0.6) is 0 Å². The van der Waals surface area contributed by atoms with Gasteiger partial charge in [0.15, 0.2) is 0 Å². The molecule has 0 fully saturated rings. The molecule has 1 aromatic carbocycles. The third-order valence-electron chi connectivity index (χ3n) is 3.62. The van der Waals surface area contributed by atoms with Crippen molar-refractivity contribution >= 4 is 11.8 Å². The van der Waals surface area contributed by atoms with Crippen molar-refractivity contribution in [1.29, 1.82) is 0 Å². The van der Waals surface area contributed by atoms with Gasteiger partial charge in [-0.2, -0.15) is 0 Å². The first-order valence-corrected chi connectivity index (χ1v) is 7.55. The predicted molar refractivity (Wildman–Crippen MR) is 81.7 cm³/mol. The van der Waals surface area contributed by atoms with Crippen LogP contribution >= 0.6 is 0 Å². The number of amides is 2. The minimum absolute atomic E-state index is 0.0147. The Balaban J connectivity index is 1.74. The van der Waals surface area contributed by atoms with Gasteiger partial charge >= 0.3 is 0 Å². The fourth-order valence-corrected chi connectivity index (χ4v) is 2.41. The van der Waals surface area contributed by atoms with Crippen LogP contribution in [0.3, 0.4) is 0 Å². The maximum atomic E-state index is 12.1. The van der Waals surface area contributed by atoms with E-state index in [0.29, 0.717) is 32.5 Å². The van der Waals surface area contributed by atoms with E-state index in [2.05, 4.69) is 28.1 Å². The Hall–Kier alpha value is -1.88. The van der Waals surface area contributed by atoms with E-state index in [4.69, 9.17) is 0 Å². The van der Waals surface area contributed by atoms with Crippen LogP contribution in [0.15, 0.2) is 24.3 Å². The van der Waals surface area contributed by atoms with Crippen LogP contribution in [-0.2, 0) is 22.6 Å². The molecule has 1 heterocycles. The Morgan fingerprint density at radius 1 is 1.19 bits per heavy atom. The van der Waals surface area contributed by atoms with Crippen LogP contribution in [0.1, 0.15) is 30.9 Å². The maximum Gasteiger partial charge on any atom is 0.237 e. The number of nitrogens with one attached hydrogen (secondary N) is 3. The van der Waals surface area contributed by atoms with E-state index in [0.717, 1.165) is 6.42 Å². The Morgan fingerprint density at radius 2 is 1.95 bits per heavy atom. The molecule has 114 valence electrons. The molecule has 0 radical (unpaired) electrons. The summed E-state index contributed by atoms with van der Waals surface area (Å²) < 4.78 is 0. The molecule has 5 nitrogen and oxygen atoms in total. The minimum Gasteiger partial charge on any atom is -0.356 e. The zero-order valence-corrected chi connectivity index (χ0v) is 12.4. The molecule has 0 saturated heterocycles. The van der Waals surface area contributed by atoms with Crippen LogP contribution in [0.4, 0.5) is 0 Å². The van der Waals surface area contributed by atoms with Gasteiger partial charge in [-0.05, 0) is 24.0 Å². The molecule has 5 heteroatoms. The highest BCUT2D eigenvalue weighted by Crippen LogP contribution is 2.16. The summed E-state index contributed by atoms with van der Waals surface area (Å²) in [7, 11) is 0. The summed E-state index contributed by atoms with van der Waals surface area (Å²) in [6, 6.07) is 7.94. The molecular weight excluding hydrogens is 266 g/mol. The van der Waals surface area contributed by atoms with Crippen molar-refractivity contribution in [3.05, 3.63) is 35.4 Å². The first kappa shape index (κ1) is 15.5. The van der Waals surface area contributed by atoms with Gasteiger partial charge in [0.05, 0.1) is 6.04 Å². The monoisotopic (exact) mass is 289 g/mol. The molecule has 1 aliphatic rings. The van der Waals surface area contributed by atoms with Crippen molar-refractivity contribution < 1.29 is 9.59 Å². The van der Waals surface area contributed by atoms with Gasteiger partial charge in [0.2, 0.25) is 11.8 Å². The number of benzene rings is 1. The fraction of sp³-hybridized carbons (Fsp3) is 0.500. The lowest BCUT2D eigenvalue weighted by Gasteiger charge is -2.25. The summed E-state index contributed by atoms with van der Waals surface area (Å²) in [5.41, 5.74) is 2.47. The van der Waals surface area contributed by atoms with Crippen molar-refractivity contribution in [2.24, 2.45) is 0 Å². The highest BCUT2D eigenvalue weighted by molar-refractivity contribution is 5.83. The lowest BCUT2D eigenvalue weighted by Crippen LogP contribution is -2.48. The molecular formula is C16H23N3O2. The van der Waals surface area contributed by atoms with E-state index in [-0.39, 0.29) is 17.9 Å². The topological polar surface area (TPSA) is 70.2 Å². The number of hydrogen-bond acceptors (Lipinski definition) is 3. The van der Waals surface area contributed by atoms with Gasteiger partial charge in [0, 0.05) is 26.1 Å². The summed E-state index contributed by atoms with van der Waals surface area (Å²) in [5.74, 6) is -0.0492. The molecule has 0 aromatic heterocycles. The summed E-state index contributed by atoms with van der Waals surface area (Å²) in [6.45, 7) is 3.79. The molecule has 0 saturated carbocycles. The number of fused-ring (bicyclic) bond motifs is 1. The lowest BCUT2D eigenvalue weighted by atomic mass is 9.95. The Morgan fingerprint density at radius 3 is 2.71 bits per heavy atom. The van der Waals surface area contributed by atoms with Crippen LogP contribution < -0.4 is 16.0 Å². The van der Waals surface area contributed by atoms with E-state index < -0.39 is 0 Å². The van der Waals surface area contributed by atoms with Gasteiger partial charge in [-0.15, -0.1) is 0 Å². The van der Waals surface area contributed by atoms with E-state index in [1.165, 1.54) is 11.1 Å². The number of hydrogen-bond donors (Lipinski definition) is 3. The molecule has 2 rings (SSSR count). The second-order valence-electron chi connectivity index (χ2n) is 5.30. The quantitative estimate of drug-likeness (QED) is 0.723. The van der Waals surface area contributed by atoms with Gasteiger partial charge in [0.25, 0.3) is 0 Å². The lowest BCUT2D eigenvalue weighted by molar-refractivity contribution is -0.123. The Bertz CT molecular complexity index is 502. The SMILES string of the molecule is CCCNC(=O)CCNC(=O)C1Cc2ccccc2CN1. The molecule has 0 bridgehead atoms. The second kappa shape index (κ2) is 7.78. The average molecular weight is 289 g/mol. The van der Waals surface area contributed by atoms with E-state index in [1.807, 2.05) is 19.1 Å². The Labute approximate surface area is 125 Å². The molecule has 0 aliphatic carbocycles. The standard InChI is InChI=1S/C16H23N3O2/c1-2-8-17-15(20)7-9-18-16(21)14-10-12-5-3-4-6-13(12)11-19-14/h3-6,14,19H,2,7-11H2,1H3,(H,17,20)(H,18,21). The van der Waals surface area contributed by atoms with Crippen molar-refractivity contribution in [3.8, 4) is 0 Å². The summed E-state index contributed by atoms with van der Waals surface area (Å²) in [6.07, 6.45) is 1.95. The number of carbonyl (C=O) groups excluding carboxylic acids is 2. The zero-order chi connectivity index (χ0) is 15.1. The number of rotatable bonds is 6. The molecule has 1 aliphatic heterocycles. The first-order chi connectivity index (χ1) is 10.2. The third kappa shape index (κ3) is 4.56. The predicted octanol–water partition coefficient (Wildman–Crippen LogP) is 0.733. The smallest absolute Gasteiger partial charge is 0.237 e. The summed E-state index contributed by atoms with van der Waals surface area (Å²) in [5, 5.41) is 8.86. The van der Waals surface area contributed by atoms with E-state index in [1.54, 1.807) is 0 Å². The minimum atomic E-state index is -0.210. The van der Waals surface area contributed by atoms with Crippen molar-refractivity contribution in [3.63, 3.8) is 0 Å². The van der Waals surface area contributed by atoms with Crippen LogP contribution in [0, 0.1) is 0 Å². The highest BCUT2D eigenvalue weighted by atomic mass is 16.2. The van der Waals surface area contributed by atoms with Crippen molar-refractivity contribution in [1.82, 2.24) is 16.0 Å². The van der Waals surface area contributed by atoms with Gasteiger partial charge in [-0.25, -0.2) is 0 Å². The molecule has 1 aromatic rings. The zero-order valence-electron chi connectivity index (χ0n) is 12.4. The van der Waals surface area contributed by atoms with Gasteiger partial charge in [0.1, 0.15) is 0 Å². The molecule has 21 heavy (non-hydrogen) atoms. The van der Waals surface area contributed by atoms with Gasteiger partial charge < -0.3 is 16.0 Å². The van der Waals surface area contributed by atoms with Crippen LogP contribution in [0.2, 0.25) is 0 Å². The van der Waals surface area contributed by atoms with E-state index in [9.17, 15) is 9.59 Å². The summed E-state index contributed by atoms with van der Waals surface area (Å²) >= 11 is 0. The second-order valence-corrected chi connectivity index (χ2v) is 5.30. The normalized spacial score (nSPS) is 16.9. The van der Waals surface area contributed by atoms with Crippen LogP contribution in [-0.4, -0.2) is 30.9 Å². The molecule has 0 spiro atoms. The van der Waals surface area contributed by atoms with Gasteiger partial charge in [-0.3, -0.25) is 9.59 Å². The number of carbonyl (C=O) groups is 2. The molecule has 1 atom stereocenters.